The molecule has 3 rings (SSSR count). The van der Waals surface area contributed by atoms with Crippen molar-refractivity contribution in [1.82, 2.24) is 9.88 Å². The third kappa shape index (κ3) is 3.40. The molecular formula is C18H20FN3O. The molecule has 0 aliphatic carbocycles. The molecule has 0 bridgehead atoms. The highest BCUT2D eigenvalue weighted by molar-refractivity contribution is 5.99. The molecule has 1 fully saturated rings. The van der Waals surface area contributed by atoms with Gasteiger partial charge in [0.1, 0.15) is 5.82 Å². The van der Waals surface area contributed by atoms with E-state index < -0.39 is 0 Å². The van der Waals surface area contributed by atoms with E-state index in [1.165, 1.54) is 11.6 Å². The van der Waals surface area contributed by atoms with E-state index in [2.05, 4.69) is 9.88 Å². The van der Waals surface area contributed by atoms with Gasteiger partial charge in [0.2, 0.25) is 5.91 Å². The van der Waals surface area contributed by atoms with E-state index >= 15 is 0 Å². The average molecular weight is 313 g/mol. The molecule has 1 amide bonds. The first-order valence-corrected chi connectivity index (χ1v) is 7.82. The van der Waals surface area contributed by atoms with E-state index in [0.29, 0.717) is 12.2 Å². The van der Waals surface area contributed by atoms with E-state index in [1.807, 2.05) is 19.2 Å². The van der Waals surface area contributed by atoms with Crippen LogP contribution in [0.5, 0.6) is 0 Å². The summed E-state index contributed by atoms with van der Waals surface area (Å²) in [5.41, 5.74) is 1.57. The Kier molecular flexibility index (Phi) is 4.67. The topological polar surface area (TPSA) is 36.4 Å². The lowest BCUT2D eigenvalue weighted by molar-refractivity contribution is -0.121. The molecule has 0 saturated carbocycles. The van der Waals surface area contributed by atoms with Crippen LogP contribution < -0.4 is 4.90 Å². The summed E-state index contributed by atoms with van der Waals surface area (Å²) in [5, 5.41) is 0. The standard InChI is InChI=1S/C18H20FN3O/c1-21(12-8-14-6-10-20-11-7-14)17-9-13-22(18(17)23)16-5-3-2-4-15(16)19/h2-7,10-11,17H,8-9,12-13H2,1H3/t17-/m0/s1. The smallest absolute Gasteiger partial charge is 0.244 e. The van der Waals surface area contributed by atoms with E-state index in [4.69, 9.17) is 0 Å². The highest BCUT2D eigenvalue weighted by atomic mass is 19.1. The van der Waals surface area contributed by atoms with Crippen LogP contribution in [0, 0.1) is 5.82 Å². The van der Waals surface area contributed by atoms with Crippen LogP contribution in [0.2, 0.25) is 0 Å². The lowest BCUT2D eigenvalue weighted by Gasteiger charge is -2.24. The van der Waals surface area contributed by atoms with Crippen LogP contribution in [-0.4, -0.2) is 42.0 Å². The molecule has 1 aromatic carbocycles. The molecule has 2 aromatic rings. The second kappa shape index (κ2) is 6.87. The van der Waals surface area contributed by atoms with Gasteiger partial charge in [0.25, 0.3) is 0 Å². The molecule has 5 heteroatoms. The minimum atomic E-state index is -0.346. The van der Waals surface area contributed by atoms with Gasteiger partial charge in [-0.15, -0.1) is 0 Å². The van der Waals surface area contributed by atoms with Crippen LogP contribution in [0.15, 0.2) is 48.8 Å². The van der Waals surface area contributed by atoms with Gasteiger partial charge in [-0.05, 0) is 49.7 Å². The van der Waals surface area contributed by atoms with Gasteiger partial charge in [0.15, 0.2) is 0 Å². The summed E-state index contributed by atoms with van der Waals surface area (Å²) in [6.07, 6.45) is 5.13. The van der Waals surface area contributed by atoms with Crippen LogP contribution in [0.3, 0.4) is 0 Å². The Hall–Kier alpha value is -2.27. The summed E-state index contributed by atoms with van der Waals surface area (Å²) >= 11 is 0. The Morgan fingerprint density at radius 2 is 2.00 bits per heavy atom. The predicted octanol–water partition coefficient (Wildman–Crippen LogP) is 2.50. The zero-order valence-electron chi connectivity index (χ0n) is 13.2. The van der Waals surface area contributed by atoms with Crippen LogP contribution in [0.25, 0.3) is 0 Å². The van der Waals surface area contributed by atoms with Gasteiger partial charge in [-0.2, -0.15) is 0 Å². The zero-order chi connectivity index (χ0) is 16.2. The molecular weight excluding hydrogens is 293 g/mol. The maximum atomic E-state index is 13.9. The molecule has 0 radical (unpaired) electrons. The fourth-order valence-corrected chi connectivity index (χ4v) is 2.99. The summed E-state index contributed by atoms with van der Waals surface area (Å²) in [7, 11) is 1.95. The number of aromatic nitrogens is 1. The van der Waals surface area contributed by atoms with Gasteiger partial charge in [0, 0.05) is 25.5 Å². The van der Waals surface area contributed by atoms with E-state index in [1.54, 1.807) is 35.5 Å². The molecule has 120 valence electrons. The molecule has 2 heterocycles. The van der Waals surface area contributed by atoms with Gasteiger partial charge in [-0.25, -0.2) is 4.39 Å². The van der Waals surface area contributed by atoms with Crippen molar-refractivity contribution in [2.45, 2.75) is 18.9 Å². The van der Waals surface area contributed by atoms with Crippen LogP contribution in [0.1, 0.15) is 12.0 Å². The summed E-state index contributed by atoms with van der Waals surface area (Å²) in [6, 6.07) is 10.2. The Labute approximate surface area is 135 Å². The maximum absolute atomic E-state index is 13.9. The number of amides is 1. The quantitative estimate of drug-likeness (QED) is 0.851. The van der Waals surface area contributed by atoms with Crippen molar-refractivity contribution in [3.05, 3.63) is 60.2 Å². The Morgan fingerprint density at radius 3 is 2.74 bits per heavy atom. The first-order chi connectivity index (χ1) is 11.2. The second-order valence-corrected chi connectivity index (χ2v) is 5.83. The number of halogens is 1. The van der Waals surface area contributed by atoms with Crippen LogP contribution in [-0.2, 0) is 11.2 Å². The number of pyridine rings is 1. The molecule has 1 atom stereocenters. The highest BCUT2D eigenvalue weighted by Gasteiger charge is 2.35. The van der Waals surface area contributed by atoms with Crippen molar-refractivity contribution in [2.75, 3.05) is 25.0 Å². The van der Waals surface area contributed by atoms with Crippen molar-refractivity contribution < 1.29 is 9.18 Å². The molecule has 0 unspecified atom stereocenters. The maximum Gasteiger partial charge on any atom is 0.244 e. The third-order valence-corrected chi connectivity index (χ3v) is 4.36. The number of hydrogen-bond acceptors (Lipinski definition) is 3. The summed E-state index contributed by atoms with van der Waals surface area (Å²) in [6.45, 7) is 1.34. The minimum Gasteiger partial charge on any atom is -0.308 e. The number of benzene rings is 1. The van der Waals surface area contributed by atoms with Crippen molar-refractivity contribution in [1.29, 1.82) is 0 Å². The minimum absolute atomic E-state index is 0.0210. The van der Waals surface area contributed by atoms with Crippen molar-refractivity contribution >= 4 is 11.6 Å². The van der Waals surface area contributed by atoms with Crippen molar-refractivity contribution in [3.8, 4) is 0 Å². The van der Waals surface area contributed by atoms with Crippen molar-refractivity contribution in [2.24, 2.45) is 0 Å². The summed E-state index contributed by atoms with van der Waals surface area (Å²) < 4.78 is 13.9. The van der Waals surface area contributed by atoms with Gasteiger partial charge in [-0.3, -0.25) is 14.7 Å². The van der Waals surface area contributed by atoms with E-state index in [0.717, 1.165) is 19.4 Å². The number of rotatable bonds is 5. The largest absolute Gasteiger partial charge is 0.308 e. The third-order valence-electron chi connectivity index (χ3n) is 4.36. The number of anilines is 1. The van der Waals surface area contributed by atoms with Crippen LogP contribution in [0.4, 0.5) is 10.1 Å². The van der Waals surface area contributed by atoms with Crippen molar-refractivity contribution in [3.63, 3.8) is 0 Å². The number of carbonyl (C=O) groups excluding carboxylic acids is 1. The average Bonchev–Trinajstić information content (AvgIpc) is 2.95. The van der Waals surface area contributed by atoms with Gasteiger partial charge >= 0.3 is 0 Å². The molecule has 1 aromatic heterocycles. The van der Waals surface area contributed by atoms with E-state index in [-0.39, 0.29) is 17.8 Å². The molecule has 1 saturated heterocycles. The zero-order valence-corrected chi connectivity index (χ0v) is 13.2. The molecule has 1 aliphatic heterocycles. The first-order valence-electron chi connectivity index (χ1n) is 7.82. The number of para-hydroxylation sites is 1. The summed E-state index contributed by atoms with van der Waals surface area (Å²) in [4.78, 5) is 20.2. The fraction of sp³-hybridized carbons (Fsp3) is 0.333. The summed E-state index contributed by atoms with van der Waals surface area (Å²) in [5.74, 6) is -0.367. The SMILES string of the molecule is CN(CCc1ccncc1)[C@H]1CCN(c2ccccc2F)C1=O. The highest BCUT2D eigenvalue weighted by Crippen LogP contribution is 2.26. The Morgan fingerprint density at radius 1 is 1.26 bits per heavy atom. The van der Waals surface area contributed by atoms with E-state index in [9.17, 15) is 9.18 Å². The number of carbonyl (C=O) groups is 1. The molecule has 4 nitrogen and oxygen atoms in total. The second-order valence-electron chi connectivity index (χ2n) is 5.83. The number of likely N-dealkylation sites (N-methyl/N-ethyl adjacent to an activating group) is 1. The van der Waals surface area contributed by atoms with Gasteiger partial charge in [-0.1, -0.05) is 12.1 Å². The fourth-order valence-electron chi connectivity index (χ4n) is 2.99. The lowest BCUT2D eigenvalue weighted by atomic mass is 10.1. The first kappa shape index (κ1) is 15.6. The lowest BCUT2D eigenvalue weighted by Crippen LogP contribution is -2.40. The van der Waals surface area contributed by atoms with Gasteiger partial charge in [0.05, 0.1) is 11.7 Å². The number of nitrogens with zero attached hydrogens (tertiary/aromatic N) is 3. The van der Waals surface area contributed by atoms with Gasteiger partial charge < -0.3 is 4.90 Å². The van der Waals surface area contributed by atoms with Crippen LogP contribution >= 0.6 is 0 Å². The monoisotopic (exact) mass is 313 g/mol. The molecule has 0 N–H and O–H groups in total. The Balaban J connectivity index is 1.63. The molecule has 23 heavy (non-hydrogen) atoms. The molecule has 1 aliphatic rings. The predicted molar refractivity (Wildman–Crippen MR) is 87.7 cm³/mol. The normalized spacial score (nSPS) is 18.0. The Bertz CT molecular complexity index is 677. The molecule has 0 spiro atoms. The number of hydrogen-bond donors (Lipinski definition) is 0.